The number of aromatic nitrogens is 1. The predicted molar refractivity (Wildman–Crippen MR) is 128 cm³/mol. The van der Waals surface area contributed by atoms with Gasteiger partial charge in [0.1, 0.15) is 8.85 Å². The van der Waals surface area contributed by atoms with Gasteiger partial charge in [-0.05, 0) is 67.6 Å². The van der Waals surface area contributed by atoms with Crippen molar-refractivity contribution in [2.24, 2.45) is 0 Å². The molecule has 1 fully saturated rings. The molecule has 0 bridgehead atoms. The first kappa shape index (κ1) is 23.2. The number of hydrogen-bond acceptors (Lipinski definition) is 4. The first-order chi connectivity index (χ1) is 13.8. The highest BCUT2D eigenvalue weighted by molar-refractivity contribution is 14.1. The molecule has 5 nitrogen and oxygen atoms in total. The molecule has 1 aliphatic rings. The summed E-state index contributed by atoms with van der Waals surface area (Å²) < 4.78 is 29.4. The van der Waals surface area contributed by atoms with E-state index in [-0.39, 0.29) is 6.04 Å². The zero-order valence-corrected chi connectivity index (χ0v) is 20.8. The Balaban J connectivity index is 1.82. The fraction of sp³-hybridized carbons (Fsp3) is 0.571. The number of likely N-dealkylation sites (N-methyl/N-ethyl adjacent to an activating group) is 1. The second kappa shape index (κ2) is 10.2. The van der Waals surface area contributed by atoms with Crippen LogP contribution in [-0.2, 0) is 10.0 Å². The maximum absolute atomic E-state index is 13.5. The molecule has 0 aliphatic carbocycles. The highest BCUT2D eigenvalue weighted by atomic mass is 127. The van der Waals surface area contributed by atoms with Crippen LogP contribution in [-0.4, -0.2) is 55.3 Å². The second-order valence-corrected chi connectivity index (χ2v) is 11.2. The van der Waals surface area contributed by atoms with E-state index in [1.807, 2.05) is 6.07 Å². The van der Waals surface area contributed by atoms with Gasteiger partial charge in [0.25, 0.3) is 0 Å². The molecule has 1 aromatic carbocycles. The van der Waals surface area contributed by atoms with Crippen molar-refractivity contribution in [3.63, 3.8) is 0 Å². The van der Waals surface area contributed by atoms with Crippen molar-refractivity contribution in [1.29, 1.82) is 0 Å². The smallest absolute Gasteiger partial charge is 0.243 e. The average molecular weight is 550 g/mol. The number of piperidine rings is 1. The van der Waals surface area contributed by atoms with Crippen LogP contribution in [0, 0.1) is 3.70 Å². The number of benzene rings is 1. The first-order valence-electron chi connectivity index (χ1n) is 10.3. The number of rotatable bonds is 8. The molecule has 1 aliphatic heterocycles. The average Bonchev–Trinajstić information content (AvgIpc) is 2.70. The summed E-state index contributed by atoms with van der Waals surface area (Å²) in [6.07, 6.45) is 6.81. The standard InChI is InChI=1S/C21H29ClIN3O2S/c1-3-4-5-6-12-25(2)16-9-8-13-26(15-16)29(27,28)19-11-7-10-17-18(19)14-20(23)24-21(17)22/h7,10-11,14,16H,3-6,8-9,12-13,15H2,1-2H3. The van der Waals surface area contributed by atoms with Gasteiger partial charge in [0.05, 0.1) is 4.90 Å². The minimum absolute atomic E-state index is 0.264. The molecular formula is C21H29ClIN3O2S. The lowest BCUT2D eigenvalue weighted by atomic mass is 10.1. The van der Waals surface area contributed by atoms with E-state index in [2.05, 4.69) is 46.4 Å². The van der Waals surface area contributed by atoms with E-state index in [4.69, 9.17) is 11.6 Å². The summed E-state index contributed by atoms with van der Waals surface area (Å²) in [4.78, 5) is 6.91. The van der Waals surface area contributed by atoms with Crippen LogP contribution in [0.2, 0.25) is 5.15 Å². The third-order valence-electron chi connectivity index (χ3n) is 5.72. The highest BCUT2D eigenvalue weighted by Gasteiger charge is 2.32. The summed E-state index contributed by atoms with van der Waals surface area (Å²) in [5.74, 6) is 0. The number of fused-ring (bicyclic) bond motifs is 1. The third-order valence-corrected chi connectivity index (χ3v) is 8.49. The Morgan fingerprint density at radius 3 is 2.83 bits per heavy atom. The van der Waals surface area contributed by atoms with Crippen LogP contribution in [0.1, 0.15) is 45.4 Å². The van der Waals surface area contributed by atoms with Crippen LogP contribution in [0.15, 0.2) is 29.2 Å². The maximum Gasteiger partial charge on any atom is 0.243 e. The molecule has 1 atom stereocenters. The van der Waals surface area contributed by atoms with E-state index in [0.717, 1.165) is 19.4 Å². The summed E-state index contributed by atoms with van der Waals surface area (Å²) in [7, 11) is -1.48. The SMILES string of the molecule is CCCCCCN(C)C1CCCN(S(=O)(=O)c2cccc3c(Cl)nc(I)cc23)C1. The Kier molecular flexibility index (Phi) is 8.17. The second-order valence-electron chi connectivity index (χ2n) is 7.79. The molecule has 1 saturated heterocycles. The van der Waals surface area contributed by atoms with Crippen molar-refractivity contribution in [2.45, 2.75) is 56.4 Å². The van der Waals surface area contributed by atoms with Crippen LogP contribution >= 0.6 is 34.2 Å². The molecule has 8 heteroatoms. The van der Waals surface area contributed by atoms with E-state index in [1.54, 1.807) is 22.5 Å². The number of sulfonamides is 1. The van der Waals surface area contributed by atoms with Gasteiger partial charge in [-0.2, -0.15) is 4.31 Å². The molecule has 0 saturated carbocycles. The molecule has 3 rings (SSSR count). The van der Waals surface area contributed by atoms with Gasteiger partial charge in [-0.1, -0.05) is 49.9 Å². The normalized spacial score (nSPS) is 18.6. The van der Waals surface area contributed by atoms with Gasteiger partial charge >= 0.3 is 0 Å². The van der Waals surface area contributed by atoms with E-state index >= 15 is 0 Å². The molecule has 2 heterocycles. The lowest BCUT2D eigenvalue weighted by molar-refractivity contribution is 0.161. The van der Waals surface area contributed by atoms with E-state index in [1.165, 1.54) is 25.7 Å². The summed E-state index contributed by atoms with van der Waals surface area (Å²) in [6.45, 7) is 4.34. The Hall–Kier alpha value is -0.480. The molecule has 1 aromatic heterocycles. The molecule has 0 N–H and O–H groups in total. The largest absolute Gasteiger partial charge is 0.302 e. The van der Waals surface area contributed by atoms with Crippen molar-refractivity contribution in [2.75, 3.05) is 26.7 Å². The lowest BCUT2D eigenvalue weighted by Gasteiger charge is -2.37. The van der Waals surface area contributed by atoms with Crippen LogP contribution in [0.3, 0.4) is 0 Å². The van der Waals surface area contributed by atoms with Crippen molar-refractivity contribution in [1.82, 2.24) is 14.2 Å². The van der Waals surface area contributed by atoms with Gasteiger partial charge in [-0.15, -0.1) is 0 Å². The number of halogens is 2. The van der Waals surface area contributed by atoms with Gasteiger partial charge in [0.15, 0.2) is 0 Å². The molecule has 29 heavy (non-hydrogen) atoms. The van der Waals surface area contributed by atoms with Gasteiger partial charge in [0.2, 0.25) is 10.0 Å². The summed E-state index contributed by atoms with van der Waals surface area (Å²) in [6, 6.07) is 7.32. The number of pyridine rings is 1. The molecule has 0 radical (unpaired) electrons. The first-order valence-corrected chi connectivity index (χ1v) is 13.2. The third kappa shape index (κ3) is 5.42. The Bertz CT molecular complexity index is 954. The van der Waals surface area contributed by atoms with E-state index < -0.39 is 10.0 Å². The van der Waals surface area contributed by atoms with Crippen molar-refractivity contribution >= 4 is 55.0 Å². The van der Waals surface area contributed by atoms with Crippen molar-refractivity contribution in [3.05, 3.63) is 33.1 Å². The summed E-state index contributed by atoms with van der Waals surface area (Å²) in [5.41, 5.74) is 0. The number of hydrogen-bond donors (Lipinski definition) is 0. The summed E-state index contributed by atoms with van der Waals surface area (Å²) in [5, 5.41) is 1.66. The Labute approximate surface area is 193 Å². The van der Waals surface area contributed by atoms with Gasteiger partial charge in [0, 0.05) is 29.9 Å². The monoisotopic (exact) mass is 549 g/mol. The molecule has 160 valence electrons. The summed E-state index contributed by atoms with van der Waals surface area (Å²) >= 11 is 8.35. The van der Waals surface area contributed by atoms with Gasteiger partial charge in [-0.25, -0.2) is 13.4 Å². The van der Waals surface area contributed by atoms with Crippen LogP contribution in [0.5, 0.6) is 0 Å². The van der Waals surface area contributed by atoms with Crippen molar-refractivity contribution < 1.29 is 8.42 Å². The van der Waals surface area contributed by atoms with Crippen LogP contribution < -0.4 is 0 Å². The van der Waals surface area contributed by atoms with Crippen LogP contribution in [0.4, 0.5) is 0 Å². The minimum Gasteiger partial charge on any atom is -0.302 e. The maximum atomic E-state index is 13.5. The van der Waals surface area contributed by atoms with E-state index in [0.29, 0.717) is 37.6 Å². The molecule has 1 unspecified atom stereocenters. The molecule has 0 amide bonds. The van der Waals surface area contributed by atoms with Crippen LogP contribution in [0.25, 0.3) is 10.8 Å². The van der Waals surface area contributed by atoms with Gasteiger partial charge < -0.3 is 4.90 Å². The van der Waals surface area contributed by atoms with Gasteiger partial charge in [-0.3, -0.25) is 0 Å². The van der Waals surface area contributed by atoms with E-state index in [9.17, 15) is 8.42 Å². The minimum atomic E-state index is -3.60. The zero-order valence-electron chi connectivity index (χ0n) is 17.1. The quantitative estimate of drug-likeness (QED) is 0.259. The number of unbranched alkanes of at least 4 members (excludes halogenated alkanes) is 3. The Morgan fingerprint density at radius 1 is 1.28 bits per heavy atom. The highest BCUT2D eigenvalue weighted by Crippen LogP contribution is 2.32. The molecule has 0 spiro atoms. The molecule has 2 aromatic rings. The number of nitrogens with zero attached hydrogens (tertiary/aromatic N) is 3. The Morgan fingerprint density at radius 2 is 2.07 bits per heavy atom. The predicted octanol–water partition coefficient (Wildman–Crippen LogP) is 5.16. The fourth-order valence-corrected chi connectivity index (χ4v) is 6.68. The topological polar surface area (TPSA) is 53.5 Å². The zero-order chi connectivity index (χ0) is 21.0. The van der Waals surface area contributed by atoms with Crippen molar-refractivity contribution in [3.8, 4) is 0 Å². The molecular weight excluding hydrogens is 521 g/mol. The fourth-order valence-electron chi connectivity index (χ4n) is 4.01. The lowest BCUT2D eigenvalue weighted by Crippen LogP contribution is -2.48.